The lowest BCUT2D eigenvalue weighted by Gasteiger charge is -2.29. The fourth-order valence-corrected chi connectivity index (χ4v) is 2.27. The van der Waals surface area contributed by atoms with E-state index >= 15 is 0 Å². The maximum absolute atomic E-state index is 11.8. The summed E-state index contributed by atoms with van der Waals surface area (Å²) < 4.78 is 4.89. The van der Waals surface area contributed by atoms with Crippen molar-refractivity contribution in [1.29, 1.82) is 5.26 Å². The second-order valence-corrected chi connectivity index (χ2v) is 4.68. The van der Waals surface area contributed by atoms with Gasteiger partial charge in [-0.2, -0.15) is 5.26 Å². The van der Waals surface area contributed by atoms with Gasteiger partial charge in [0, 0.05) is 19.0 Å². The van der Waals surface area contributed by atoms with Crippen LogP contribution >= 0.6 is 0 Å². The Bertz CT molecular complexity index is 303. The zero-order valence-electron chi connectivity index (χ0n) is 9.69. The molecule has 0 aromatic heterocycles. The summed E-state index contributed by atoms with van der Waals surface area (Å²) in [6, 6.07) is 2.58. The SMILES string of the molecule is COC(=O)C(C1CC1)N(CCC#N)C1CC1. The molecule has 0 radical (unpaired) electrons. The Morgan fingerprint density at radius 3 is 2.62 bits per heavy atom. The minimum absolute atomic E-state index is 0.0918. The standard InChI is InChI=1S/C12H18N2O2/c1-16-12(15)11(9-3-4-9)14(8-2-7-13)10-5-6-10/h9-11H,2-6,8H2,1H3. The molecule has 0 spiro atoms. The van der Waals surface area contributed by atoms with Gasteiger partial charge in [0.15, 0.2) is 0 Å². The number of methoxy groups -OCH3 is 1. The lowest BCUT2D eigenvalue weighted by atomic mass is 10.1. The van der Waals surface area contributed by atoms with Gasteiger partial charge >= 0.3 is 5.97 Å². The minimum atomic E-state index is -0.118. The molecule has 0 bridgehead atoms. The van der Waals surface area contributed by atoms with Gasteiger partial charge in [-0.05, 0) is 31.6 Å². The van der Waals surface area contributed by atoms with Crippen molar-refractivity contribution in [1.82, 2.24) is 4.90 Å². The highest BCUT2D eigenvalue weighted by atomic mass is 16.5. The molecule has 1 unspecified atom stereocenters. The van der Waals surface area contributed by atoms with Crippen LogP contribution in [-0.2, 0) is 9.53 Å². The topological polar surface area (TPSA) is 53.3 Å². The third kappa shape index (κ3) is 2.53. The lowest BCUT2D eigenvalue weighted by molar-refractivity contribution is -0.148. The maximum Gasteiger partial charge on any atom is 0.323 e. The first-order valence-corrected chi connectivity index (χ1v) is 5.98. The first-order valence-electron chi connectivity index (χ1n) is 5.98. The number of nitrogens with zero attached hydrogens (tertiary/aromatic N) is 2. The summed E-state index contributed by atoms with van der Waals surface area (Å²) in [7, 11) is 1.45. The average Bonchev–Trinajstić information content (AvgIpc) is 3.15. The Morgan fingerprint density at radius 2 is 2.19 bits per heavy atom. The summed E-state index contributed by atoms with van der Waals surface area (Å²) >= 11 is 0. The number of hydrogen-bond donors (Lipinski definition) is 0. The molecule has 0 N–H and O–H groups in total. The van der Waals surface area contributed by atoms with Crippen molar-refractivity contribution in [2.45, 2.75) is 44.2 Å². The molecule has 2 rings (SSSR count). The molecule has 4 heteroatoms. The normalized spacial score (nSPS) is 21.6. The Balaban J connectivity index is 2.02. The van der Waals surface area contributed by atoms with E-state index < -0.39 is 0 Å². The number of nitriles is 1. The smallest absolute Gasteiger partial charge is 0.323 e. The summed E-state index contributed by atoms with van der Waals surface area (Å²) in [6.45, 7) is 0.706. The van der Waals surface area contributed by atoms with Gasteiger partial charge in [-0.25, -0.2) is 0 Å². The second kappa shape index (κ2) is 4.84. The van der Waals surface area contributed by atoms with Crippen LogP contribution in [0.2, 0.25) is 0 Å². The van der Waals surface area contributed by atoms with Crippen molar-refractivity contribution < 1.29 is 9.53 Å². The van der Waals surface area contributed by atoms with E-state index in [0.717, 1.165) is 25.7 Å². The number of esters is 1. The van der Waals surface area contributed by atoms with Gasteiger partial charge in [0.2, 0.25) is 0 Å². The van der Waals surface area contributed by atoms with Gasteiger partial charge < -0.3 is 4.74 Å². The molecule has 2 fully saturated rings. The van der Waals surface area contributed by atoms with Gasteiger partial charge in [-0.15, -0.1) is 0 Å². The number of ether oxygens (including phenoxy) is 1. The largest absolute Gasteiger partial charge is 0.468 e. The van der Waals surface area contributed by atoms with Crippen LogP contribution in [-0.4, -0.2) is 36.6 Å². The summed E-state index contributed by atoms with van der Waals surface area (Å²) in [5.41, 5.74) is 0. The van der Waals surface area contributed by atoms with Gasteiger partial charge in [-0.1, -0.05) is 0 Å². The van der Waals surface area contributed by atoms with Crippen molar-refractivity contribution in [3.05, 3.63) is 0 Å². The van der Waals surface area contributed by atoms with Gasteiger partial charge in [0.1, 0.15) is 6.04 Å². The van der Waals surface area contributed by atoms with Crippen LogP contribution in [0.1, 0.15) is 32.1 Å². The van der Waals surface area contributed by atoms with E-state index in [0.29, 0.717) is 24.9 Å². The second-order valence-electron chi connectivity index (χ2n) is 4.68. The third-order valence-corrected chi connectivity index (χ3v) is 3.37. The highest BCUT2D eigenvalue weighted by Gasteiger charge is 2.45. The third-order valence-electron chi connectivity index (χ3n) is 3.37. The number of hydrogen-bond acceptors (Lipinski definition) is 4. The highest BCUT2D eigenvalue weighted by molar-refractivity contribution is 5.76. The molecule has 2 aliphatic rings. The van der Waals surface area contributed by atoms with Crippen molar-refractivity contribution in [2.24, 2.45) is 5.92 Å². The first-order chi connectivity index (χ1) is 7.77. The minimum Gasteiger partial charge on any atom is -0.468 e. The van der Waals surface area contributed by atoms with Crippen molar-refractivity contribution in [3.8, 4) is 6.07 Å². The summed E-state index contributed by atoms with van der Waals surface area (Å²) in [4.78, 5) is 14.0. The molecular formula is C12H18N2O2. The van der Waals surface area contributed by atoms with Crippen LogP contribution in [0.25, 0.3) is 0 Å². The van der Waals surface area contributed by atoms with Crippen LogP contribution in [0.15, 0.2) is 0 Å². The fraction of sp³-hybridized carbons (Fsp3) is 0.833. The van der Waals surface area contributed by atoms with Crippen molar-refractivity contribution >= 4 is 5.97 Å². The van der Waals surface area contributed by atoms with Gasteiger partial charge in [-0.3, -0.25) is 9.69 Å². The molecule has 0 amide bonds. The molecule has 2 aliphatic carbocycles. The average molecular weight is 222 g/mol. The number of carbonyl (C=O) groups excluding carboxylic acids is 1. The van der Waals surface area contributed by atoms with E-state index in [1.54, 1.807) is 0 Å². The maximum atomic E-state index is 11.8. The molecule has 0 heterocycles. The first kappa shape index (κ1) is 11.4. The van der Waals surface area contributed by atoms with Crippen LogP contribution in [0.5, 0.6) is 0 Å². The summed E-state index contributed by atoms with van der Waals surface area (Å²) in [5.74, 6) is 0.346. The van der Waals surface area contributed by atoms with E-state index in [1.807, 2.05) is 0 Å². The Morgan fingerprint density at radius 1 is 1.50 bits per heavy atom. The van der Waals surface area contributed by atoms with E-state index in [1.165, 1.54) is 7.11 Å². The van der Waals surface area contributed by atoms with Crippen LogP contribution in [0.4, 0.5) is 0 Å². The van der Waals surface area contributed by atoms with Gasteiger partial charge in [0.25, 0.3) is 0 Å². The number of rotatable bonds is 6. The Labute approximate surface area is 96.2 Å². The molecular weight excluding hydrogens is 204 g/mol. The van der Waals surface area contributed by atoms with E-state index in [9.17, 15) is 4.79 Å². The predicted octanol–water partition coefficient (Wildman–Crippen LogP) is 1.32. The Kier molecular flexibility index (Phi) is 3.45. The zero-order valence-corrected chi connectivity index (χ0v) is 9.69. The molecule has 88 valence electrons. The molecule has 0 aromatic carbocycles. The highest BCUT2D eigenvalue weighted by Crippen LogP contribution is 2.40. The molecule has 16 heavy (non-hydrogen) atoms. The summed E-state index contributed by atoms with van der Waals surface area (Å²) in [6.07, 6.45) is 5.05. The van der Waals surface area contributed by atoms with Gasteiger partial charge in [0.05, 0.1) is 13.2 Å². The number of carbonyl (C=O) groups is 1. The fourth-order valence-electron chi connectivity index (χ4n) is 2.27. The molecule has 1 atom stereocenters. The quantitative estimate of drug-likeness (QED) is 0.636. The lowest BCUT2D eigenvalue weighted by Crippen LogP contribution is -2.45. The molecule has 4 nitrogen and oxygen atoms in total. The molecule has 2 saturated carbocycles. The molecule has 0 aromatic rings. The van der Waals surface area contributed by atoms with E-state index in [-0.39, 0.29) is 12.0 Å². The molecule has 0 saturated heterocycles. The summed E-state index contributed by atoms with van der Waals surface area (Å²) in [5, 5.41) is 8.66. The molecule has 0 aliphatic heterocycles. The van der Waals surface area contributed by atoms with Crippen molar-refractivity contribution in [2.75, 3.05) is 13.7 Å². The van der Waals surface area contributed by atoms with Crippen molar-refractivity contribution in [3.63, 3.8) is 0 Å². The van der Waals surface area contributed by atoms with Crippen LogP contribution in [0.3, 0.4) is 0 Å². The van der Waals surface area contributed by atoms with Crippen LogP contribution < -0.4 is 0 Å². The van der Waals surface area contributed by atoms with E-state index in [2.05, 4.69) is 11.0 Å². The monoisotopic (exact) mass is 222 g/mol. The Hall–Kier alpha value is -1.08. The van der Waals surface area contributed by atoms with Crippen LogP contribution in [0, 0.1) is 17.2 Å². The van der Waals surface area contributed by atoms with E-state index in [4.69, 9.17) is 10.00 Å². The zero-order chi connectivity index (χ0) is 11.5. The predicted molar refractivity (Wildman–Crippen MR) is 58.5 cm³/mol.